The fourth-order valence-electron chi connectivity index (χ4n) is 5.44. The number of hydrogen-bond acceptors (Lipinski definition) is 6. The number of methoxy groups -OCH3 is 1. The Balaban J connectivity index is 1.56. The molecule has 2 saturated heterocycles. The lowest BCUT2D eigenvalue weighted by Gasteiger charge is -2.34. The zero-order chi connectivity index (χ0) is 29.5. The molecule has 3 heterocycles. The number of allylic oxidation sites excluding steroid dienone is 1. The second-order valence-corrected chi connectivity index (χ2v) is 12.3. The number of rotatable bonds is 10. The van der Waals surface area contributed by atoms with Gasteiger partial charge in [-0.15, -0.1) is 0 Å². The number of hydrogen-bond donors (Lipinski definition) is 0. The number of amides is 2. The van der Waals surface area contributed by atoms with Gasteiger partial charge < -0.3 is 19.3 Å². The Morgan fingerprint density at radius 1 is 1.05 bits per heavy atom. The molecule has 2 fully saturated rings. The molecule has 2 amide bonds. The first-order chi connectivity index (χ1) is 19.7. The molecule has 2 aliphatic heterocycles. The lowest BCUT2D eigenvalue weighted by Crippen LogP contribution is -2.45. The first-order valence-electron chi connectivity index (χ1n) is 14.9. The van der Waals surface area contributed by atoms with Crippen molar-refractivity contribution in [3.05, 3.63) is 56.9 Å². The smallest absolute Gasteiger partial charge is 0.272 e. The predicted octanol–water partition coefficient (Wildman–Crippen LogP) is 6.43. The summed E-state index contributed by atoms with van der Waals surface area (Å²) in [7, 11) is 1.66. The molecule has 222 valence electrons. The number of carbonyl (C=O) groups is 2. The summed E-state index contributed by atoms with van der Waals surface area (Å²) in [4.78, 5) is 35.7. The standard InChI is InChI=1S/C33H45N3O4S/c1-22(2)40-30-19-24(4)27(20-29(30)39-6)11-10-23(3)31(34-25(5)28-13-18-41-21-28)33(38)36-14-7-9-26(12-17-36)32(37)35-15-8-16-35/h13,18-22,26H,7-12,14-17H2,1-6H3/b31-23+,34-25?. The van der Waals surface area contributed by atoms with E-state index in [4.69, 9.17) is 14.5 Å². The molecule has 0 N–H and O–H groups in total. The van der Waals surface area contributed by atoms with Gasteiger partial charge in [0.25, 0.3) is 5.91 Å². The molecule has 1 unspecified atom stereocenters. The van der Waals surface area contributed by atoms with Crippen LogP contribution >= 0.6 is 11.3 Å². The van der Waals surface area contributed by atoms with E-state index in [9.17, 15) is 9.59 Å². The summed E-state index contributed by atoms with van der Waals surface area (Å²) >= 11 is 1.62. The van der Waals surface area contributed by atoms with Crippen molar-refractivity contribution in [1.82, 2.24) is 9.80 Å². The summed E-state index contributed by atoms with van der Waals surface area (Å²) < 4.78 is 11.6. The quantitative estimate of drug-likeness (QED) is 0.240. The minimum absolute atomic E-state index is 0.0123. The van der Waals surface area contributed by atoms with Gasteiger partial charge >= 0.3 is 0 Å². The Morgan fingerprint density at radius 3 is 2.44 bits per heavy atom. The molecule has 0 aliphatic carbocycles. The number of thiophene rings is 1. The topological polar surface area (TPSA) is 71.4 Å². The van der Waals surface area contributed by atoms with Crippen LogP contribution in [-0.2, 0) is 16.0 Å². The van der Waals surface area contributed by atoms with Crippen LogP contribution in [-0.4, -0.2) is 66.7 Å². The van der Waals surface area contributed by atoms with Gasteiger partial charge in [-0.2, -0.15) is 11.3 Å². The van der Waals surface area contributed by atoms with Crippen LogP contribution in [0.4, 0.5) is 0 Å². The van der Waals surface area contributed by atoms with Crippen LogP contribution in [0.15, 0.2) is 45.2 Å². The van der Waals surface area contributed by atoms with E-state index in [0.717, 1.165) is 78.2 Å². The van der Waals surface area contributed by atoms with Gasteiger partial charge in [-0.25, -0.2) is 4.99 Å². The highest BCUT2D eigenvalue weighted by Gasteiger charge is 2.31. The molecule has 0 radical (unpaired) electrons. The third kappa shape index (κ3) is 7.79. The van der Waals surface area contributed by atoms with Crippen molar-refractivity contribution in [1.29, 1.82) is 0 Å². The molecule has 1 atom stereocenters. The fraction of sp³-hybridized carbons (Fsp3) is 0.545. The average Bonchev–Trinajstić information content (AvgIpc) is 3.34. The maximum atomic E-state index is 14.0. The third-order valence-electron chi connectivity index (χ3n) is 8.11. The highest BCUT2D eigenvalue weighted by molar-refractivity contribution is 7.08. The van der Waals surface area contributed by atoms with Gasteiger partial charge in [0, 0.05) is 43.4 Å². The summed E-state index contributed by atoms with van der Waals surface area (Å²) in [6.07, 6.45) is 4.99. The van der Waals surface area contributed by atoms with Crippen molar-refractivity contribution < 1.29 is 19.1 Å². The Morgan fingerprint density at radius 2 is 1.80 bits per heavy atom. The number of aliphatic imine (C=N–C) groups is 1. The number of benzene rings is 1. The van der Waals surface area contributed by atoms with Gasteiger partial charge in [-0.1, -0.05) is 0 Å². The van der Waals surface area contributed by atoms with E-state index in [1.54, 1.807) is 18.4 Å². The van der Waals surface area contributed by atoms with Gasteiger partial charge in [-0.3, -0.25) is 9.59 Å². The molecule has 2 aromatic rings. The minimum atomic E-state index is -0.0379. The SMILES string of the molecule is COc1cc(CC/C(C)=C(/N=C(C)c2ccsc2)C(=O)N2CCCC(C(=O)N3CCC3)CC2)c(C)cc1OC(C)C. The molecule has 41 heavy (non-hydrogen) atoms. The van der Waals surface area contributed by atoms with Crippen molar-refractivity contribution in [3.8, 4) is 11.5 Å². The van der Waals surface area contributed by atoms with Crippen molar-refractivity contribution in [2.24, 2.45) is 10.9 Å². The molecule has 0 spiro atoms. The Hall–Kier alpha value is -3.13. The number of carbonyl (C=O) groups excluding carboxylic acids is 2. The van der Waals surface area contributed by atoms with E-state index < -0.39 is 0 Å². The average molecular weight is 580 g/mol. The molecule has 0 saturated carbocycles. The van der Waals surface area contributed by atoms with Gasteiger partial charge in [0.15, 0.2) is 11.5 Å². The van der Waals surface area contributed by atoms with Crippen molar-refractivity contribution in [2.45, 2.75) is 79.2 Å². The van der Waals surface area contributed by atoms with Crippen LogP contribution < -0.4 is 9.47 Å². The second kappa shape index (κ2) is 14.2. The van der Waals surface area contributed by atoms with Crippen molar-refractivity contribution in [3.63, 3.8) is 0 Å². The zero-order valence-corrected chi connectivity index (χ0v) is 26.3. The van der Waals surface area contributed by atoms with Crippen molar-refractivity contribution in [2.75, 3.05) is 33.3 Å². The first-order valence-corrected chi connectivity index (χ1v) is 15.8. The summed E-state index contributed by atoms with van der Waals surface area (Å²) in [5.41, 5.74) is 5.64. The Kier molecular flexibility index (Phi) is 10.6. The van der Waals surface area contributed by atoms with Gasteiger partial charge in [0.2, 0.25) is 5.91 Å². The normalized spacial score (nSPS) is 18.5. The van der Waals surface area contributed by atoms with E-state index in [1.807, 2.05) is 61.1 Å². The summed E-state index contributed by atoms with van der Waals surface area (Å²) in [5, 5.41) is 4.09. The van der Waals surface area contributed by atoms with Gasteiger partial charge in [-0.05, 0) is 119 Å². The lowest BCUT2D eigenvalue weighted by molar-refractivity contribution is -0.139. The number of ether oxygens (including phenoxy) is 2. The van der Waals surface area contributed by atoms with Crippen LogP contribution in [0.2, 0.25) is 0 Å². The van der Waals surface area contributed by atoms with Crippen LogP contribution in [0.1, 0.15) is 76.5 Å². The zero-order valence-electron chi connectivity index (χ0n) is 25.5. The van der Waals surface area contributed by atoms with Crippen LogP contribution in [0.25, 0.3) is 0 Å². The second-order valence-electron chi connectivity index (χ2n) is 11.5. The predicted molar refractivity (Wildman–Crippen MR) is 166 cm³/mol. The van der Waals surface area contributed by atoms with Crippen LogP contribution in [0.5, 0.6) is 11.5 Å². The molecule has 2 aliphatic rings. The highest BCUT2D eigenvalue weighted by atomic mass is 32.1. The largest absolute Gasteiger partial charge is 0.493 e. The fourth-order valence-corrected chi connectivity index (χ4v) is 6.14. The molecular formula is C33H45N3O4S. The number of nitrogens with zero attached hydrogens (tertiary/aromatic N) is 3. The Labute approximate surface area is 249 Å². The van der Waals surface area contributed by atoms with Gasteiger partial charge in [0.1, 0.15) is 5.70 Å². The van der Waals surface area contributed by atoms with E-state index in [-0.39, 0.29) is 23.8 Å². The summed E-state index contributed by atoms with van der Waals surface area (Å²) in [6.45, 7) is 13.1. The van der Waals surface area contributed by atoms with Crippen LogP contribution in [0, 0.1) is 12.8 Å². The van der Waals surface area contributed by atoms with E-state index in [1.165, 1.54) is 0 Å². The van der Waals surface area contributed by atoms with Crippen molar-refractivity contribution >= 4 is 28.9 Å². The van der Waals surface area contributed by atoms with Gasteiger partial charge in [0.05, 0.1) is 13.2 Å². The van der Waals surface area contributed by atoms with E-state index >= 15 is 0 Å². The molecule has 4 rings (SSSR count). The third-order valence-corrected chi connectivity index (χ3v) is 8.80. The number of likely N-dealkylation sites (tertiary alicyclic amines) is 2. The maximum Gasteiger partial charge on any atom is 0.272 e. The number of aryl methyl sites for hydroxylation is 2. The molecule has 8 heteroatoms. The summed E-state index contributed by atoms with van der Waals surface area (Å²) in [5.74, 6) is 1.70. The highest BCUT2D eigenvalue weighted by Crippen LogP contribution is 2.33. The summed E-state index contributed by atoms with van der Waals surface area (Å²) in [6, 6.07) is 6.12. The lowest BCUT2D eigenvalue weighted by atomic mass is 9.97. The van der Waals surface area contributed by atoms with E-state index in [2.05, 4.69) is 12.3 Å². The first kappa shape index (κ1) is 30.8. The van der Waals surface area contributed by atoms with E-state index in [0.29, 0.717) is 31.6 Å². The molecular weight excluding hydrogens is 534 g/mol. The Bertz CT molecular complexity index is 1280. The minimum Gasteiger partial charge on any atom is -0.493 e. The maximum absolute atomic E-state index is 14.0. The molecule has 1 aromatic carbocycles. The monoisotopic (exact) mass is 579 g/mol. The molecule has 1 aromatic heterocycles. The molecule has 7 nitrogen and oxygen atoms in total. The van der Waals surface area contributed by atoms with Crippen LogP contribution in [0.3, 0.4) is 0 Å². The molecule has 0 bridgehead atoms.